The Morgan fingerprint density at radius 2 is 2.15 bits per heavy atom. The highest BCUT2D eigenvalue weighted by atomic mass is 16.7. The number of nitrogens with zero attached hydrogens (tertiary/aromatic N) is 2. The summed E-state index contributed by atoms with van der Waals surface area (Å²) in [6.45, 7) is 0.439. The molecule has 0 saturated heterocycles. The molecule has 1 aliphatic rings. The van der Waals surface area contributed by atoms with E-state index >= 15 is 0 Å². The average Bonchev–Trinajstić information content (AvgIpc) is 3.13. The lowest BCUT2D eigenvalue weighted by Crippen LogP contribution is -2.28. The van der Waals surface area contributed by atoms with Crippen molar-refractivity contribution in [1.82, 2.24) is 10.3 Å². The normalized spacial score (nSPS) is 15.7. The van der Waals surface area contributed by atoms with Crippen molar-refractivity contribution in [2.45, 2.75) is 12.5 Å². The third kappa shape index (κ3) is 4.21. The molecule has 1 unspecified atom stereocenters. The predicted octanol–water partition coefficient (Wildman–Crippen LogP) is 2.55. The van der Waals surface area contributed by atoms with Crippen molar-refractivity contribution in [1.29, 1.82) is 0 Å². The Morgan fingerprint density at radius 1 is 1.31 bits per heavy atom. The fourth-order valence-corrected chi connectivity index (χ4v) is 2.62. The second-order valence-electron chi connectivity index (χ2n) is 5.63. The molecule has 0 aliphatic carbocycles. The van der Waals surface area contributed by atoms with Crippen LogP contribution in [0.4, 0.5) is 4.79 Å². The summed E-state index contributed by atoms with van der Waals surface area (Å²) in [6.07, 6.45) is 2.56. The van der Waals surface area contributed by atoms with Crippen LogP contribution in [0.15, 0.2) is 47.9 Å². The van der Waals surface area contributed by atoms with Crippen molar-refractivity contribution in [2.24, 2.45) is 5.16 Å². The van der Waals surface area contributed by atoms with Crippen molar-refractivity contribution in [3.8, 4) is 22.6 Å². The van der Waals surface area contributed by atoms with Gasteiger partial charge in [-0.25, -0.2) is 4.79 Å². The average molecular weight is 357 g/mol. The van der Waals surface area contributed by atoms with Gasteiger partial charge in [0.1, 0.15) is 18.1 Å². The quantitative estimate of drug-likeness (QED) is 0.789. The zero-order chi connectivity index (χ0) is 18.4. The van der Waals surface area contributed by atoms with Crippen LogP contribution in [0.2, 0.25) is 0 Å². The number of para-hydroxylation sites is 1. The molecule has 2 N–H and O–H groups in total. The number of carbonyl (C=O) groups is 1. The summed E-state index contributed by atoms with van der Waals surface area (Å²) in [7, 11) is 1.61. The van der Waals surface area contributed by atoms with Crippen molar-refractivity contribution in [3.63, 3.8) is 0 Å². The Bertz CT molecular complexity index is 809. The number of pyridine rings is 1. The van der Waals surface area contributed by atoms with Crippen molar-refractivity contribution in [3.05, 3.63) is 42.7 Å². The standard InChI is InChI=1S/C18H19N3O5/c1-24-16-6-7-19-10-15(16)14-4-2-3-5-17(14)25-11-13-8-12(21-26-13)9-20-18(22)23/h2-7,10,13,20H,8-9,11H2,1H3,(H,22,23). The molecule has 0 spiro atoms. The van der Waals surface area contributed by atoms with Gasteiger partial charge in [-0.3, -0.25) is 4.98 Å². The van der Waals surface area contributed by atoms with Gasteiger partial charge >= 0.3 is 6.09 Å². The van der Waals surface area contributed by atoms with Crippen LogP contribution in [-0.2, 0) is 4.84 Å². The van der Waals surface area contributed by atoms with Crippen molar-refractivity contribution in [2.75, 3.05) is 20.3 Å². The Balaban J connectivity index is 1.64. The molecule has 0 saturated carbocycles. The van der Waals surface area contributed by atoms with Crippen LogP contribution in [0.25, 0.3) is 11.1 Å². The van der Waals surface area contributed by atoms with Gasteiger partial charge in [0.05, 0.1) is 19.4 Å². The first kappa shape index (κ1) is 17.5. The third-order valence-corrected chi connectivity index (χ3v) is 3.84. The summed E-state index contributed by atoms with van der Waals surface area (Å²) < 4.78 is 11.3. The summed E-state index contributed by atoms with van der Waals surface area (Å²) in [6, 6.07) is 9.39. The second kappa shape index (κ2) is 8.19. The van der Waals surface area contributed by atoms with E-state index in [4.69, 9.17) is 19.4 Å². The van der Waals surface area contributed by atoms with E-state index in [1.807, 2.05) is 24.3 Å². The lowest BCUT2D eigenvalue weighted by atomic mass is 10.1. The minimum Gasteiger partial charge on any atom is -0.496 e. The molecular formula is C18H19N3O5. The zero-order valence-electron chi connectivity index (χ0n) is 14.2. The number of ether oxygens (including phenoxy) is 2. The molecule has 26 heavy (non-hydrogen) atoms. The van der Waals surface area contributed by atoms with Gasteiger partial charge in [-0.2, -0.15) is 0 Å². The Morgan fingerprint density at radius 3 is 2.96 bits per heavy atom. The first-order valence-corrected chi connectivity index (χ1v) is 8.06. The number of oxime groups is 1. The minimum atomic E-state index is -1.09. The molecule has 0 fully saturated rings. The molecule has 1 aromatic carbocycles. The molecule has 2 heterocycles. The number of rotatable bonds is 7. The number of amides is 1. The maximum Gasteiger partial charge on any atom is 0.404 e. The molecule has 1 amide bonds. The van der Waals surface area contributed by atoms with Crippen LogP contribution in [0, 0.1) is 0 Å². The maximum absolute atomic E-state index is 10.5. The Labute approximate surface area is 150 Å². The fourth-order valence-electron chi connectivity index (χ4n) is 2.62. The largest absolute Gasteiger partial charge is 0.496 e. The SMILES string of the molecule is COc1ccncc1-c1ccccc1OCC1CC(CNC(=O)O)=NO1. The lowest BCUT2D eigenvalue weighted by molar-refractivity contribution is 0.0472. The Kier molecular flexibility index (Phi) is 5.52. The van der Waals surface area contributed by atoms with Gasteiger partial charge in [0.15, 0.2) is 6.10 Å². The number of hydrogen-bond acceptors (Lipinski definition) is 6. The third-order valence-electron chi connectivity index (χ3n) is 3.84. The number of carboxylic acid groups (broad SMARTS) is 1. The molecule has 136 valence electrons. The molecule has 8 heteroatoms. The van der Waals surface area contributed by atoms with Crippen LogP contribution in [0.5, 0.6) is 11.5 Å². The van der Waals surface area contributed by atoms with Crippen LogP contribution in [0.3, 0.4) is 0 Å². The van der Waals surface area contributed by atoms with Gasteiger partial charge in [-0.1, -0.05) is 23.4 Å². The number of nitrogens with one attached hydrogen (secondary N) is 1. The van der Waals surface area contributed by atoms with E-state index in [9.17, 15) is 4.79 Å². The molecular weight excluding hydrogens is 338 g/mol. The van der Waals surface area contributed by atoms with E-state index < -0.39 is 6.09 Å². The highest BCUT2D eigenvalue weighted by Crippen LogP contribution is 2.35. The number of methoxy groups -OCH3 is 1. The van der Waals surface area contributed by atoms with Crippen molar-refractivity contribution >= 4 is 11.8 Å². The number of benzene rings is 1. The van der Waals surface area contributed by atoms with Crippen LogP contribution in [-0.4, -0.2) is 48.3 Å². The van der Waals surface area contributed by atoms with E-state index in [0.29, 0.717) is 30.2 Å². The summed E-state index contributed by atoms with van der Waals surface area (Å²) >= 11 is 0. The van der Waals surface area contributed by atoms with Crippen molar-refractivity contribution < 1.29 is 24.2 Å². The molecule has 3 rings (SSSR count). The van der Waals surface area contributed by atoms with Gasteiger partial charge in [-0.05, 0) is 12.1 Å². The summed E-state index contributed by atoms with van der Waals surface area (Å²) in [4.78, 5) is 20.0. The van der Waals surface area contributed by atoms with E-state index in [2.05, 4.69) is 15.5 Å². The van der Waals surface area contributed by atoms with Gasteiger partial charge in [0.2, 0.25) is 0 Å². The van der Waals surface area contributed by atoms with Crippen LogP contribution in [0.1, 0.15) is 6.42 Å². The smallest absolute Gasteiger partial charge is 0.404 e. The maximum atomic E-state index is 10.5. The Hall–Kier alpha value is -3.29. The molecule has 0 bridgehead atoms. The van der Waals surface area contributed by atoms with Gasteiger partial charge in [-0.15, -0.1) is 0 Å². The van der Waals surface area contributed by atoms with Gasteiger partial charge < -0.3 is 24.7 Å². The van der Waals surface area contributed by atoms with E-state index in [1.165, 1.54) is 0 Å². The molecule has 8 nitrogen and oxygen atoms in total. The summed E-state index contributed by atoms with van der Waals surface area (Å²) in [5.74, 6) is 1.39. The van der Waals surface area contributed by atoms with Gasteiger partial charge in [0, 0.05) is 29.9 Å². The molecule has 2 aromatic rings. The summed E-state index contributed by atoms with van der Waals surface area (Å²) in [5, 5.41) is 14.8. The first-order valence-electron chi connectivity index (χ1n) is 8.06. The molecule has 1 aliphatic heterocycles. The molecule has 1 atom stereocenters. The molecule has 0 radical (unpaired) electrons. The number of aromatic nitrogens is 1. The van der Waals surface area contributed by atoms with E-state index in [-0.39, 0.29) is 12.6 Å². The molecule has 1 aromatic heterocycles. The lowest BCUT2D eigenvalue weighted by Gasteiger charge is -2.15. The minimum absolute atomic E-state index is 0.148. The van der Waals surface area contributed by atoms with Gasteiger partial charge in [0.25, 0.3) is 0 Å². The van der Waals surface area contributed by atoms with E-state index in [0.717, 1.165) is 11.1 Å². The monoisotopic (exact) mass is 357 g/mol. The first-order chi connectivity index (χ1) is 12.7. The fraction of sp³-hybridized carbons (Fsp3) is 0.278. The highest BCUT2D eigenvalue weighted by molar-refractivity contribution is 5.89. The number of hydrogen-bond donors (Lipinski definition) is 2. The highest BCUT2D eigenvalue weighted by Gasteiger charge is 2.22. The van der Waals surface area contributed by atoms with E-state index in [1.54, 1.807) is 25.6 Å². The zero-order valence-corrected chi connectivity index (χ0v) is 14.2. The van der Waals surface area contributed by atoms with Crippen LogP contribution < -0.4 is 14.8 Å². The summed E-state index contributed by atoms with van der Waals surface area (Å²) in [5.41, 5.74) is 2.34. The van der Waals surface area contributed by atoms with Crippen LogP contribution >= 0.6 is 0 Å². The topological polar surface area (TPSA) is 102 Å². The second-order valence-corrected chi connectivity index (χ2v) is 5.63. The predicted molar refractivity (Wildman–Crippen MR) is 94.7 cm³/mol.